The maximum absolute atomic E-state index is 13.9. The summed E-state index contributed by atoms with van der Waals surface area (Å²) in [5.74, 6) is -0.915. The fourth-order valence-electron chi connectivity index (χ4n) is 1.30. The lowest BCUT2D eigenvalue weighted by atomic mass is 10.3. The summed E-state index contributed by atoms with van der Waals surface area (Å²) in [6, 6.07) is 0.530. The minimum atomic E-state index is -4.30. The molecule has 0 spiro atoms. The third-order valence-electron chi connectivity index (χ3n) is 2.20. The summed E-state index contributed by atoms with van der Waals surface area (Å²) in [5.41, 5.74) is 5.01. The van der Waals surface area contributed by atoms with Crippen LogP contribution in [0.25, 0.3) is 0 Å². The van der Waals surface area contributed by atoms with Crippen LogP contribution in [0, 0.1) is 12.7 Å². The van der Waals surface area contributed by atoms with Gasteiger partial charge in [0, 0.05) is 0 Å². The number of nitrogen functional groups attached to an aromatic ring is 1. The first-order chi connectivity index (χ1) is 9.22. The highest BCUT2D eigenvalue weighted by Crippen LogP contribution is 2.35. The molecule has 0 saturated carbocycles. The summed E-state index contributed by atoms with van der Waals surface area (Å²) >= 11 is 8.72. The van der Waals surface area contributed by atoms with E-state index in [0.717, 1.165) is 6.07 Å². The standard InChI is InChI=1S/C9H7BrClFN4O3S/c1-3-14-9(19-15-3)16-20(17,18)5-2-4(11)6(10)8(13)7(5)12/h2H,13H2,1H3,(H,14,15,16). The number of hydrogen-bond acceptors (Lipinski definition) is 6. The van der Waals surface area contributed by atoms with Crippen LogP contribution in [0.1, 0.15) is 5.82 Å². The Bertz CT molecular complexity index is 780. The van der Waals surface area contributed by atoms with Crippen molar-refractivity contribution in [2.45, 2.75) is 11.8 Å². The van der Waals surface area contributed by atoms with E-state index in [-0.39, 0.29) is 21.3 Å². The van der Waals surface area contributed by atoms with Gasteiger partial charge in [0.1, 0.15) is 4.90 Å². The fraction of sp³-hybridized carbons (Fsp3) is 0.111. The van der Waals surface area contributed by atoms with Gasteiger partial charge in [-0.2, -0.15) is 4.98 Å². The Labute approximate surface area is 126 Å². The van der Waals surface area contributed by atoms with Gasteiger partial charge in [0.25, 0.3) is 10.0 Å². The number of halogens is 3. The summed E-state index contributed by atoms with van der Waals surface area (Å²) in [6.45, 7) is 1.50. The van der Waals surface area contributed by atoms with E-state index in [1.165, 1.54) is 6.92 Å². The normalized spacial score (nSPS) is 11.6. The van der Waals surface area contributed by atoms with Crippen molar-refractivity contribution in [3.63, 3.8) is 0 Å². The number of hydrogen-bond donors (Lipinski definition) is 2. The first-order valence-corrected chi connectivity index (χ1v) is 7.64. The molecule has 0 saturated heterocycles. The predicted molar refractivity (Wildman–Crippen MR) is 73.4 cm³/mol. The topological polar surface area (TPSA) is 111 Å². The van der Waals surface area contributed by atoms with Crippen LogP contribution in [0.4, 0.5) is 16.1 Å². The highest BCUT2D eigenvalue weighted by Gasteiger charge is 2.25. The molecule has 0 aliphatic carbocycles. The minimum absolute atomic E-state index is 0.0500. The van der Waals surface area contributed by atoms with Crippen molar-refractivity contribution in [3.8, 4) is 0 Å². The van der Waals surface area contributed by atoms with E-state index in [2.05, 4.69) is 30.6 Å². The zero-order valence-electron chi connectivity index (χ0n) is 9.82. The lowest BCUT2D eigenvalue weighted by Gasteiger charge is -2.09. The molecule has 3 N–H and O–H groups in total. The van der Waals surface area contributed by atoms with E-state index in [9.17, 15) is 12.8 Å². The average molecular weight is 386 g/mol. The number of nitrogens with zero attached hydrogens (tertiary/aromatic N) is 2. The Morgan fingerprint density at radius 3 is 2.75 bits per heavy atom. The van der Waals surface area contributed by atoms with E-state index in [1.54, 1.807) is 0 Å². The second kappa shape index (κ2) is 5.19. The predicted octanol–water partition coefficient (Wildman–Crippen LogP) is 2.32. The molecule has 0 radical (unpaired) electrons. The quantitative estimate of drug-likeness (QED) is 0.619. The summed E-state index contributed by atoms with van der Waals surface area (Å²) in [4.78, 5) is 2.93. The Hall–Kier alpha value is -1.39. The Balaban J connectivity index is 2.50. The first kappa shape index (κ1) is 15.0. The molecule has 0 fully saturated rings. The van der Waals surface area contributed by atoms with Gasteiger partial charge in [0.2, 0.25) is 0 Å². The van der Waals surface area contributed by atoms with Crippen molar-refractivity contribution >= 4 is 49.3 Å². The van der Waals surface area contributed by atoms with Crippen LogP contribution >= 0.6 is 27.5 Å². The van der Waals surface area contributed by atoms with Crippen LogP contribution < -0.4 is 10.5 Å². The Kier molecular flexibility index (Phi) is 3.89. The number of nitrogens with two attached hydrogens (primary N) is 1. The number of aromatic nitrogens is 2. The highest BCUT2D eigenvalue weighted by atomic mass is 79.9. The van der Waals surface area contributed by atoms with Gasteiger partial charge >= 0.3 is 6.01 Å². The number of benzene rings is 1. The van der Waals surface area contributed by atoms with E-state index in [4.69, 9.17) is 17.3 Å². The SMILES string of the molecule is Cc1noc(NS(=O)(=O)c2cc(Cl)c(Br)c(N)c2F)n1. The third kappa shape index (κ3) is 2.72. The molecule has 2 aromatic rings. The van der Waals surface area contributed by atoms with Gasteiger partial charge in [-0.05, 0) is 28.9 Å². The van der Waals surface area contributed by atoms with Crippen molar-refractivity contribution < 1.29 is 17.3 Å². The van der Waals surface area contributed by atoms with Gasteiger partial charge in [-0.15, -0.1) is 0 Å². The number of nitrogens with one attached hydrogen (secondary N) is 1. The third-order valence-corrected chi connectivity index (χ3v) is 4.90. The van der Waals surface area contributed by atoms with Gasteiger partial charge < -0.3 is 10.3 Å². The number of sulfonamides is 1. The van der Waals surface area contributed by atoms with Crippen LogP contribution in [0.3, 0.4) is 0 Å². The Morgan fingerprint density at radius 1 is 1.55 bits per heavy atom. The molecule has 0 bridgehead atoms. The molecule has 0 aliphatic rings. The molecule has 0 atom stereocenters. The molecule has 0 aliphatic heterocycles. The highest BCUT2D eigenvalue weighted by molar-refractivity contribution is 9.10. The molecule has 1 heterocycles. The summed E-state index contributed by atoms with van der Waals surface area (Å²) in [6.07, 6.45) is 0. The molecule has 7 nitrogen and oxygen atoms in total. The monoisotopic (exact) mass is 384 g/mol. The smallest absolute Gasteiger partial charge is 0.335 e. The van der Waals surface area contributed by atoms with E-state index < -0.39 is 26.4 Å². The molecule has 0 unspecified atom stereocenters. The van der Waals surface area contributed by atoms with E-state index in [0.29, 0.717) is 0 Å². The Morgan fingerprint density at radius 2 is 2.20 bits per heavy atom. The van der Waals surface area contributed by atoms with Gasteiger partial charge in [-0.1, -0.05) is 16.8 Å². The fourth-order valence-corrected chi connectivity index (χ4v) is 2.91. The maximum atomic E-state index is 13.9. The molecular weight excluding hydrogens is 379 g/mol. The van der Waals surface area contributed by atoms with Crippen LogP contribution in [0.15, 0.2) is 20.0 Å². The second-order valence-corrected chi connectivity index (χ2v) is 6.50. The van der Waals surface area contributed by atoms with Gasteiger partial charge in [-0.3, -0.25) is 0 Å². The summed E-state index contributed by atoms with van der Waals surface area (Å²) in [5, 5.41) is 3.35. The zero-order valence-corrected chi connectivity index (χ0v) is 13.0. The molecule has 0 amide bonds. The summed E-state index contributed by atoms with van der Waals surface area (Å²) in [7, 11) is -4.30. The molecular formula is C9H7BrClFN4O3S. The molecule has 2 rings (SSSR count). The first-order valence-electron chi connectivity index (χ1n) is 4.98. The van der Waals surface area contributed by atoms with Gasteiger partial charge in [0.15, 0.2) is 11.6 Å². The van der Waals surface area contributed by atoms with Crippen molar-refractivity contribution in [2.75, 3.05) is 10.5 Å². The largest absolute Gasteiger partial charge is 0.395 e. The molecule has 1 aromatic heterocycles. The molecule has 1 aromatic carbocycles. The summed E-state index contributed by atoms with van der Waals surface area (Å²) < 4.78 is 44.6. The van der Waals surface area contributed by atoms with Crippen molar-refractivity contribution in [3.05, 3.63) is 27.2 Å². The average Bonchev–Trinajstić information content (AvgIpc) is 2.75. The van der Waals surface area contributed by atoms with E-state index >= 15 is 0 Å². The second-order valence-electron chi connectivity index (χ2n) is 3.65. The lowest BCUT2D eigenvalue weighted by molar-refractivity contribution is 0.429. The van der Waals surface area contributed by atoms with Crippen LogP contribution in [0.2, 0.25) is 5.02 Å². The van der Waals surface area contributed by atoms with Crippen LogP contribution in [0.5, 0.6) is 0 Å². The number of aryl methyl sites for hydroxylation is 1. The lowest BCUT2D eigenvalue weighted by Crippen LogP contribution is -2.16. The zero-order chi connectivity index (χ0) is 15.1. The minimum Gasteiger partial charge on any atom is -0.395 e. The van der Waals surface area contributed by atoms with Crippen molar-refractivity contribution in [2.24, 2.45) is 0 Å². The van der Waals surface area contributed by atoms with Crippen LogP contribution in [-0.4, -0.2) is 18.6 Å². The molecule has 108 valence electrons. The van der Waals surface area contributed by atoms with Gasteiger partial charge in [-0.25, -0.2) is 17.5 Å². The van der Waals surface area contributed by atoms with Gasteiger partial charge in [0.05, 0.1) is 15.2 Å². The molecule has 11 heteroatoms. The van der Waals surface area contributed by atoms with Crippen molar-refractivity contribution in [1.82, 2.24) is 10.1 Å². The number of rotatable bonds is 3. The van der Waals surface area contributed by atoms with E-state index in [1.807, 2.05) is 4.72 Å². The number of anilines is 2. The maximum Gasteiger partial charge on any atom is 0.335 e. The molecule has 20 heavy (non-hydrogen) atoms. The van der Waals surface area contributed by atoms with Crippen LogP contribution in [-0.2, 0) is 10.0 Å². The van der Waals surface area contributed by atoms with Crippen molar-refractivity contribution in [1.29, 1.82) is 0 Å².